The predicted molar refractivity (Wildman–Crippen MR) is 83.0 cm³/mol. The monoisotopic (exact) mass is 279 g/mol. The SMILES string of the molecule is CCN(C)C(=O)C(C)Nc1cccc(OC(C)C)c1N. The van der Waals surface area contributed by atoms with Crippen LogP contribution in [0.25, 0.3) is 0 Å². The summed E-state index contributed by atoms with van der Waals surface area (Å²) in [6.07, 6.45) is 0.0535. The Bertz CT molecular complexity index is 460. The third-order valence-electron chi connectivity index (χ3n) is 3.02. The van der Waals surface area contributed by atoms with Gasteiger partial charge >= 0.3 is 0 Å². The average Bonchev–Trinajstić information content (AvgIpc) is 2.40. The molecular weight excluding hydrogens is 254 g/mol. The van der Waals surface area contributed by atoms with E-state index in [4.69, 9.17) is 10.5 Å². The first-order valence-electron chi connectivity index (χ1n) is 6.93. The van der Waals surface area contributed by atoms with E-state index < -0.39 is 0 Å². The van der Waals surface area contributed by atoms with Crippen LogP contribution in [-0.2, 0) is 4.79 Å². The summed E-state index contributed by atoms with van der Waals surface area (Å²) in [5.74, 6) is 0.663. The number of anilines is 2. The van der Waals surface area contributed by atoms with Gasteiger partial charge in [-0.2, -0.15) is 0 Å². The number of nitrogens with two attached hydrogens (primary N) is 1. The van der Waals surface area contributed by atoms with Crippen molar-refractivity contribution in [2.24, 2.45) is 0 Å². The number of hydrogen-bond donors (Lipinski definition) is 2. The topological polar surface area (TPSA) is 67.6 Å². The van der Waals surface area contributed by atoms with Gasteiger partial charge in [0.05, 0.1) is 17.5 Å². The van der Waals surface area contributed by atoms with Gasteiger partial charge < -0.3 is 20.7 Å². The lowest BCUT2D eigenvalue weighted by molar-refractivity contribution is -0.130. The lowest BCUT2D eigenvalue weighted by Gasteiger charge is -2.23. The van der Waals surface area contributed by atoms with Gasteiger partial charge in [0.25, 0.3) is 0 Å². The van der Waals surface area contributed by atoms with Crippen LogP contribution in [0.1, 0.15) is 27.7 Å². The summed E-state index contributed by atoms with van der Waals surface area (Å²) in [4.78, 5) is 13.7. The Morgan fingerprint density at radius 3 is 2.60 bits per heavy atom. The summed E-state index contributed by atoms with van der Waals surface area (Å²) in [6, 6.07) is 5.19. The maximum absolute atomic E-state index is 12.0. The highest BCUT2D eigenvalue weighted by molar-refractivity contribution is 5.86. The Hall–Kier alpha value is -1.91. The lowest BCUT2D eigenvalue weighted by atomic mass is 10.2. The van der Waals surface area contributed by atoms with Gasteiger partial charge in [0.15, 0.2) is 0 Å². The van der Waals surface area contributed by atoms with E-state index in [1.165, 1.54) is 0 Å². The second-order valence-electron chi connectivity index (χ2n) is 5.10. The predicted octanol–water partition coefficient (Wildman–Crippen LogP) is 2.33. The summed E-state index contributed by atoms with van der Waals surface area (Å²) in [6.45, 7) is 8.33. The zero-order valence-corrected chi connectivity index (χ0v) is 12.9. The molecule has 1 atom stereocenters. The molecule has 5 nitrogen and oxygen atoms in total. The van der Waals surface area contributed by atoms with Gasteiger partial charge in [-0.15, -0.1) is 0 Å². The number of ether oxygens (including phenoxy) is 1. The quantitative estimate of drug-likeness (QED) is 0.784. The van der Waals surface area contributed by atoms with Crippen molar-refractivity contribution in [1.82, 2.24) is 4.90 Å². The number of likely N-dealkylation sites (N-methyl/N-ethyl adjacent to an activating group) is 1. The van der Waals surface area contributed by atoms with E-state index >= 15 is 0 Å². The maximum atomic E-state index is 12.0. The van der Waals surface area contributed by atoms with Crippen molar-refractivity contribution in [3.05, 3.63) is 18.2 Å². The maximum Gasteiger partial charge on any atom is 0.244 e. The minimum atomic E-state index is -0.337. The molecule has 0 bridgehead atoms. The Morgan fingerprint density at radius 2 is 2.05 bits per heavy atom. The molecular formula is C15H25N3O2. The van der Waals surface area contributed by atoms with Gasteiger partial charge in [0.1, 0.15) is 11.8 Å². The number of carbonyl (C=O) groups excluding carboxylic acids is 1. The van der Waals surface area contributed by atoms with Gasteiger partial charge in [0.2, 0.25) is 5.91 Å². The number of amides is 1. The molecule has 0 heterocycles. The molecule has 1 aromatic carbocycles. The fourth-order valence-electron chi connectivity index (χ4n) is 1.81. The first-order valence-corrected chi connectivity index (χ1v) is 6.93. The smallest absolute Gasteiger partial charge is 0.244 e. The third kappa shape index (κ3) is 4.05. The number of para-hydroxylation sites is 1. The first-order chi connectivity index (χ1) is 9.36. The number of nitrogens with zero attached hydrogens (tertiary/aromatic N) is 1. The Balaban J connectivity index is 2.85. The van der Waals surface area contributed by atoms with Crippen molar-refractivity contribution in [3.63, 3.8) is 0 Å². The number of nitrogen functional groups attached to an aromatic ring is 1. The molecule has 0 spiro atoms. The van der Waals surface area contributed by atoms with Crippen LogP contribution in [0.2, 0.25) is 0 Å². The molecule has 0 radical (unpaired) electrons. The molecule has 1 unspecified atom stereocenters. The second-order valence-corrected chi connectivity index (χ2v) is 5.10. The van der Waals surface area contributed by atoms with Crippen molar-refractivity contribution < 1.29 is 9.53 Å². The molecule has 0 aliphatic carbocycles. The standard InChI is InChI=1S/C15H25N3O2/c1-6-18(5)15(19)11(4)17-12-8-7-9-13(14(12)16)20-10(2)3/h7-11,17H,6,16H2,1-5H3. The number of hydrogen-bond acceptors (Lipinski definition) is 4. The second kappa shape index (κ2) is 7.03. The van der Waals surface area contributed by atoms with E-state index in [0.717, 1.165) is 0 Å². The van der Waals surface area contributed by atoms with Crippen LogP contribution in [0.3, 0.4) is 0 Å². The van der Waals surface area contributed by atoms with E-state index in [0.29, 0.717) is 23.7 Å². The highest BCUT2D eigenvalue weighted by Gasteiger charge is 2.17. The number of benzene rings is 1. The van der Waals surface area contributed by atoms with Gasteiger partial charge in [-0.1, -0.05) is 6.07 Å². The molecule has 0 aliphatic heterocycles. The zero-order valence-electron chi connectivity index (χ0n) is 12.9. The zero-order chi connectivity index (χ0) is 15.3. The summed E-state index contributed by atoms with van der Waals surface area (Å²) in [5, 5.41) is 3.14. The molecule has 1 amide bonds. The summed E-state index contributed by atoms with van der Waals surface area (Å²) < 4.78 is 5.64. The van der Waals surface area contributed by atoms with E-state index in [1.807, 2.05) is 45.9 Å². The summed E-state index contributed by atoms with van der Waals surface area (Å²) in [5.41, 5.74) is 7.32. The van der Waals surface area contributed by atoms with Crippen molar-refractivity contribution in [2.45, 2.75) is 39.8 Å². The third-order valence-corrected chi connectivity index (χ3v) is 3.02. The number of nitrogens with one attached hydrogen (secondary N) is 1. The fourth-order valence-corrected chi connectivity index (χ4v) is 1.81. The molecule has 3 N–H and O–H groups in total. The summed E-state index contributed by atoms with van der Waals surface area (Å²) >= 11 is 0. The fraction of sp³-hybridized carbons (Fsp3) is 0.533. The molecule has 0 saturated heterocycles. The molecule has 1 aromatic rings. The molecule has 0 fully saturated rings. The Morgan fingerprint density at radius 1 is 1.40 bits per heavy atom. The van der Waals surface area contributed by atoms with Crippen LogP contribution in [0.5, 0.6) is 5.75 Å². The van der Waals surface area contributed by atoms with E-state index in [9.17, 15) is 4.79 Å². The largest absolute Gasteiger partial charge is 0.489 e. The van der Waals surface area contributed by atoms with Gasteiger partial charge in [0, 0.05) is 13.6 Å². The minimum Gasteiger partial charge on any atom is -0.489 e. The van der Waals surface area contributed by atoms with Crippen LogP contribution in [0.4, 0.5) is 11.4 Å². The van der Waals surface area contributed by atoms with Crippen LogP contribution >= 0.6 is 0 Å². The Labute approximate surface area is 121 Å². The van der Waals surface area contributed by atoms with Crippen molar-refractivity contribution in [3.8, 4) is 5.75 Å². The molecule has 20 heavy (non-hydrogen) atoms. The lowest BCUT2D eigenvalue weighted by Crippen LogP contribution is -2.38. The molecule has 0 aromatic heterocycles. The average molecular weight is 279 g/mol. The Kier molecular flexibility index (Phi) is 5.67. The van der Waals surface area contributed by atoms with Crippen LogP contribution in [0.15, 0.2) is 18.2 Å². The highest BCUT2D eigenvalue weighted by atomic mass is 16.5. The molecule has 112 valence electrons. The highest BCUT2D eigenvalue weighted by Crippen LogP contribution is 2.30. The normalized spacial score (nSPS) is 12.1. The van der Waals surface area contributed by atoms with E-state index in [1.54, 1.807) is 11.9 Å². The van der Waals surface area contributed by atoms with Crippen LogP contribution < -0.4 is 15.8 Å². The number of rotatable bonds is 6. The van der Waals surface area contributed by atoms with Crippen LogP contribution in [0, 0.1) is 0 Å². The van der Waals surface area contributed by atoms with Crippen molar-refractivity contribution >= 4 is 17.3 Å². The molecule has 0 aliphatic rings. The minimum absolute atomic E-state index is 0.0297. The molecule has 1 rings (SSSR count). The van der Waals surface area contributed by atoms with Crippen LogP contribution in [-0.4, -0.2) is 36.5 Å². The van der Waals surface area contributed by atoms with Crippen molar-refractivity contribution in [1.29, 1.82) is 0 Å². The van der Waals surface area contributed by atoms with Crippen molar-refractivity contribution in [2.75, 3.05) is 24.6 Å². The van der Waals surface area contributed by atoms with Gasteiger partial charge in [-0.25, -0.2) is 0 Å². The molecule has 0 saturated carbocycles. The van der Waals surface area contributed by atoms with E-state index in [2.05, 4.69) is 5.32 Å². The number of carbonyl (C=O) groups is 1. The van der Waals surface area contributed by atoms with Gasteiger partial charge in [-0.05, 0) is 39.8 Å². The van der Waals surface area contributed by atoms with Gasteiger partial charge in [-0.3, -0.25) is 4.79 Å². The van der Waals surface area contributed by atoms with E-state index in [-0.39, 0.29) is 18.1 Å². The first kappa shape index (κ1) is 16.1. The molecule has 5 heteroatoms. The summed E-state index contributed by atoms with van der Waals surface area (Å²) in [7, 11) is 1.78.